The summed E-state index contributed by atoms with van der Waals surface area (Å²) in [6, 6.07) is 8.33. The SMILES string of the molecule is O=C(O)c1oc2ccccc2c1Cn1cnccc1=O. The molecule has 2 heterocycles. The molecule has 0 aliphatic carbocycles. The maximum absolute atomic E-state index is 11.7. The number of carboxylic acids is 1. The molecule has 100 valence electrons. The van der Waals surface area contributed by atoms with E-state index in [-0.39, 0.29) is 17.9 Å². The molecule has 6 nitrogen and oxygen atoms in total. The van der Waals surface area contributed by atoms with Crippen LogP contribution in [0.3, 0.4) is 0 Å². The van der Waals surface area contributed by atoms with E-state index >= 15 is 0 Å². The molecule has 0 spiro atoms. The molecule has 0 aliphatic rings. The van der Waals surface area contributed by atoms with Crippen molar-refractivity contribution in [3.8, 4) is 0 Å². The van der Waals surface area contributed by atoms with Gasteiger partial charge in [0.15, 0.2) is 0 Å². The molecule has 0 unspecified atom stereocenters. The van der Waals surface area contributed by atoms with Crippen LogP contribution >= 0.6 is 0 Å². The topological polar surface area (TPSA) is 85.3 Å². The normalized spacial score (nSPS) is 10.8. The number of fused-ring (bicyclic) bond motifs is 1. The summed E-state index contributed by atoms with van der Waals surface area (Å²) >= 11 is 0. The molecule has 6 heteroatoms. The second kappa shape index (κ2) is 4.65. The van der Waals surface area contributed by atoms with Gasteiger partial charge in [0, 0.05) is 23.2 Å². The average molecular weight is 270 g/mol. The zero-order chi connectivity index (χ0) is 14.1. The number of benzene rings is 1. The Hall–Kier alpha value is -2.89. The maximum atomic E-state index is 11.7. The van der Waals surface area contributed by atoms with E-state index in [1.54, 1.807) is 24.3 Å². The van der Waals surface area contributed by atoms with Crippen molar-refractivity contribution < 1.29 is 14.3 Å². The van der Waals surface area contributed by atoms with E-state index in [0.717, 1.165) is 0 Å². The molecule has 2 aromatic heterocycles. The molecule has 0 saturated heterocycles. The van der Waals surface area contributed by atoms with Crippen molar-refractivity contribution in [1.29, 1.82) is 0 Å². The highest BCUT2D eigenvalue weighted by atomic mass is 16.4. The molecule has 3 aromatic rings. The molecule has 0 amide bonds. The molecule has 1 N–H and O–H groups in total. The second-order valence-corrected chi connectivity index (χ2v) is 4.26. The summed E-state index contributed by atoms with van der Waals surface area (Å²) in [6.45, 7) is 0.102. The van der Waals surface area contributed by atoms with E-state index in [4.69, 9.17) is 4.42 Å². The van der Waals surface area contributed by atoms with Gasteiger partial charge < -0.3 is 9.52 Å². The van der Waals surface area contributed by atoms with Crippen molar-refractivity contribution in [2.45, 2.75) is 6.54 Å². The Morgan fingerprint density at radius 1 is 1.30 bits per heavy atom. The lowest BCUT2D eigenvalue weighted by Crippen LogP contribution is -2.20. The zero-order valence-electron chi connectivity index (χ0n) is 10.3. The Balaban J connectivity index is 2.19. The van der Waals surface area contributed by atoms with Crippen molar-refractivity contribution in [2.75, 3.05) is 0 Å². The van der Waals surface area contributed by atoms with Crippen LogP contribution in [0.25, 0.3) is 11.0 Å². The largest absolute Gasteiger partial charge is 0.475 e. The Kier molecular flexibility index (Phi) is 2.83. The first kappa shape index (κ1) is 12.2. The molecule has 0 bridgehead atoms. The third-order valence-corrected chi connectivity index (χ3v) is 3.01. The molecule has 20 heavy (non-hydrogen) atoms. The van der Waals surface area contributed by atoms with E-state index in [2.05, 4.69) is 4.98 Å². The highest BCUT2D eigenvalue weighted by Gasteiger charge is 2.20. The van der Waals surface area contributed by atoms with E-state index in [1.165, 1.54) is 23.2 Å². The number of aromatic carboxylic acids is 1. The Bertz CT molecular complexity index is 848. The summed E-state index contributed by atoms with van der Waals surface area (Å²) in [7, 11) is 0. The number of hydrogen-bond donors (Lipinski definition) is 1. The van der Waals surface area contributed by atoms with Gasteiger partial charge in [0.2, 0.25) is 5.76 Å². The van der Waals surface area contributed by atoms with Gasteiger partial charge in [-0.05, 0) is 6.07 Å². The van der Waals surface area contributed by atoms with Crippen LogP contribution in [-0.2, 0) is 6.54 Å². The number of carbonyl (C=O) groups is 1. The summed E-state index contributed by atoms with van der Waals surface area (Å²) in [4.78, 5) is 26.8. The van der Waals surface area contributed by atoms with Gasteiger partial charge in [-0.1, -0.05) is 18.2 Å². The first-order valence-electron chi connectivity index (χ1n) is 5.91. The molecule has 0 atom stereocenters. The van der Waals surface area contributed by atoms with Gasteiger partial charge in [0.25, 0.3) is 5.56 Å². The van der Waals surface area contributed by atoms with Crippen LogP contribution in [0, 0.1) is 0 Å². The highest BCUT2D eigenvalue weighted by Crippen LogP contribution is 2.26. The summed E-state index contributed by atoms with van der Waals surface area (Å²) in [5.74, 6) is -1.31. The van der Waals surface area contributed by atoms with Crippen LogP contribution < -0.4 is 5.56 Å². The van der Waals surface area contributed by atoms with E-state index in [1.807, 2.05) is 0 Å². The van der Waals surface area contributed by atoms with E-state index in [9.17, 15) is 14.7 Å². The summed E-state index contributed by atoms with van der Waals surface area (Å²) in [6.07, 6.45) is 2.76. The smallest absolute Gasteiger partial charge is 0.372 e. The fraction of sp³-hybridized carbons (Fsp3) is 0.0714. The van der Waals surface area contributed by atoms with Gasteiger partial charge in [0.05, 0.1) is 12.9 Å². The molecule has 0 fully saturated rings. The van der Waals surface area contributed by atoms with Gasteiger partial charge in [-0.15, -0.1) is 0 Å². The van der Waals surface area contributed by atoms with Crippen LogP contribution in [0.1, 0.15) is 16.1 Å². The lowest BCUT2D eigenvalue weighted by Gasteiger charge is -2.03. The first-order valence-corrected chi connectivity index (χ1v) is 5.91. The predicted molar refractivity (Wildman–Crippen MR) is 70.8 cm³/mol. The van der Waals surface area contributed by atoms with Gasteiger partial charge in [-0.3, -0.25) is 9.36 Å². The monoisotopic (exact) mass is 270 g/mol. The molecule has 3 rings (SSSR count). The minimum absolute atomic E-state index is 0.102. The van der Waals surface area contributed by atoms with Crippen molar-refractivity contribution in [2.24, 2.45) is 0 Å². The highest BCUT2D eigenvalue weighted by molar-refractivity contribution is 5.95. The van der Waals surface area contributed by atoms with E-state index < -0.39 is 5.97 Å². The number of rotatable bonds is 3. The van der Waals surface area contributed by atoms with Crippen LogP contribution in [-0.4, -0.2) is 20.6 Å². The van der Waals surface area contributed by atoms with Gasteiger partial charge in [-0.25, -0.2) is 9.78 Å². The zero-order valence-corrected chi connectivity index (χ0v) is 10.3. The number of hydrogen-bond acceptors (Lipinski definition) is 4. The van der Waals surface area contributed by atoms with Crippen LogP contribution in [0.15, 0.2) is 52.1 Å². The Morgan fingerprint density at radius 3 is 2.85 bits per heavy atom. The number of nitrogens with zero attached hydrogens (tertiary/aromatic N) is 2. The van der Waals surface area contributed by atoms with Crippen molar-refractivity contribution in [1.82, 2.24) is 9.55 Å². The quantitative estimate of drug-likeness (QED) is 0.783. The summed E-state index contributed by atoms with van der Waals surface area (Å²) in [5, 5.41) is 9.90. The Labute approximate surface area is 112 Å². The van der Waals surface area contributed by atoms with Crippen LogP contribution in [0.5, 0.6) is 0 Å². The van der Waals surface area contributed by atoms with Gasteiger partial charge >= 0.3 is 5.97 Å². The fourth-order valence-electron chi connectivity index (χ4n) is 2.10. The Morgan fingerprint density at radius 2 is 2.10 bits per heavy atom. The third kappa shape index (κ3) is 1.97. The van der Waals surface area contributed by atoms with Crippen molar-refractivity contribution in [3.63, 3.8) is 0 Å². The number of carboxylic acid groups (broad SMARTS) is 1. The van der Waals surface area contributed by atoms with E-state index in [0.29, 0.717) is 16.5 Å². The minimum atomic E-state index is -1.16. The molecule has 0 radical (unpaired) electrons. The van der Waals surface area contributed by atoms with Gasteiger partial charge in [0.1, 0.15) is 5.58 Å². The number of aromatic nitrogens is 2. The lowest BCUT2D eigenvalue weighted by molar-refractivity contribution is 0.0663. The fourth-order valence-corrected chi connectivity index (χ4v) is 2.10. The first-order chi connectivity index (χ1) is 9.66. The summed E-state index contributed by atoms with van der Waals surface area (Å²) < 4.78 is 6.67. The molecular weight excluding hydrogens is 260 g/mol. The second-order valence-electron chi connectivity index (χ2n) is 4.26. The van der Waals surface area contributed by atoms with Crippen LogP contribution in [0.2, 0.25) is 0 Å². The maximum Gasteiger partial charge on any atom is 0.372 e. The average Bonchev–Trinajstić information content (AvgIpc) is 2.81. The molecule has 0 aliphatic heterocycles. The van der Waals surface area contributed by atoms with Crippen molar-refractivity contribution >= 4 is 16.9 Å². The standard InChI is InChI=1S/C14H10N2O4/c17-12-5-6-15-8-16(12)7-10-9-3-1-2-4-11(9)20-13(10)14(18)19/h1-6,8H,7H2,(H,18,19). The molecule has 1 aromatic carbocycles. The summed E-state index contributed by atoms with van der Waals surface area (Å²) in [5.41, 5.74) is 0.696. The van der Waals surface area contributed by atoms with Crippen molar-refractivity contribution in [3.05, 3.63) is 64.5 Å². The lowest BCUT2D eigenvalue weighted by atomic mass is 10.1. The minimum Gasteiger partial charge on any atom is -0.475 e. The molecule has 0 saturated carbocycles. The van der Waals surface area contributed by atoms with Gasteiger partial charge in [-0.2, -0.15) is 0 Å². The molecular formula is C14H10N2O4. The van der Waals surface area contributed by atoms with Crippen LogP contribution in [0.4, 0.5) is 0 Å². The predicted octanol–water partition coefficient (Wildman–Crippen LogP) is 1.74. The number of para-hydroxylation sites is 1. The third-order valence-electron chi connectivity index (χ3n) is 3.01. The number of furan rings is 1.